The maximum Gasteiger partial charge on any atom is 0.174 e. The van der Waals surface area contributed by atoms with Crippen LogP contribution in [-0.2, 0) is 4.79 Å². The molecule has 0 aromatic carbocycles. The Morgan fingerprint density at radius 3 is 2.14 bits per heavy atom. The average Bonchev–Trinajstić information content (AvgIpc) is 2.61. The minimum atomic E-state index is -1.36. The van der Waals surface area contributed by atoms with Crippen molar-refractivity contribution in [1.29, 1.82) is 0 Å². The van der Waals surface area contributed by atoms with E-state index in [-0.39, 0.29) is 35.4 Å². The van der Waals surface area contributed by atoms with Gasteiger partial charge in [-0.15, -0.1) is 0 Å². The average molecular weight is 397 g/mol. The van der Waals surface area contributed by atoms with Crippen LogP contribution in [0.5, 0.6) is 0 Å². The predicted molar refractivity (Wildman–Crippen MR) is 110 cm³/mol. The van der Waals surface area contributed by atoms with E-state index in [1.807, 2.05) is 13.8 Å². The fourth-order valence-corrected chi connectivity index (χ4v) is 5.97. The van der Waals surface area contributed by atoms with Crippen LogP contribution >= 0.6 is 0 Å². The molecule has 0 aromatic heterocycles. The Bertz CT molecular complexity index is 626. The number of carbonyl (C=O) groups is 1. The van der Waals surface area contributed by atoms with Gasteiger partial charge in [0.25, 0.3) is 0 Å². The number of carbonyl (C=O) groups excluding carboxylic acids is 1. The summed E-state index contributed by atoms with van der Waals surface area (Å²) in [6.07, 6.45) is -2.13. The molecule has 0 heterocycles. The van der Waals surface area contributed by atoms with Crippen molar-refractivity contribution >= 4 is 5.78 Å². The standard InChI is InChI=1S/C23H40O5/c1-8-22(6)13(4)9-18(26)23(7)17(22)11-15(24)10-16(25)14(5)19(12(2)3)20(27)21(23)28/h12-13,15-18,20,24-27H,8-11H2,1-7H3/b19-14+/t13?,15?,16-,17?,18?,20?,22?,23?/m0/s1. The van der Waals surface area contributed by atoms with Gasteiger partial charge in [0.2, 0.25) is 0 Å². The SMILES string of the molecule is CCC1(C)C(C)CC(O)C2(C)C(=O)C(O)/C(C(C)C)=C(\C)[C@@H](O)CC(O)CC12. The Morgan fingerprint density at radius 2 is 1.64 bits per heavy atom. The first kappa shape index (κ1) is 23.5. The third-order valence-corrected chi connectivity index (χ3v) is 8.33. The van der Waals surface area contributed by atoms with Crippen molar-refractivity contribution in [3.63, 3.8) is 0 Å². The molecule has 0 saturated heterocycles. The summed E-state index contributed by atoms with van der Waals surface area (Å²) in [5.74, 6) is -0.636. The molecule has 0 aliphatic heterocycles. The Kier molecular flexibility index (Phi) is 6.87. The molecule has 0 aromatic rings. The highest BCUT2D eigenvalue weighted by Gasteiger charge is 2.60. The van der Waals surface area contributed by atoms with E-state index in [2.05, 4.69) is 20.8 Å². The first-order chi connectivity index (χ1) is 12.8. The van der Waals surface area contributed by atoms with Gasteiger partial charge in [0.05, 0.1) is 23.7 Å². The van der Waals surface area contributed by atoms with E-state index >= 15 is 0 Å². The van der Waals surface area contributed by atoms with Crippen molar-refractivity contribution < 1.29 is 25.2 Å². The fourth-order valence-electron chi connectivity index (χ4n) is 5.97. The number of hydrogen-bond donors (Lipinski definition) is 4. The molecule has 2 aliphatic carbocycles. The number of aliphatic hydroxyl groups excluding tert-OH is 4. The molecule has 0 bridgehead atoms. The summed E-state index contributed by atoms with van der Waals surface area (Å²) < 4.78 is 0. The van der Waals surface area contributed by atoms with Crippen LogP contribution in [-0.4, -0.2) is 50.6 Å². The van der Waals surface area contributed by atoms with Crippen molar-refractivity contribution in [2.75, 3.05) is 0 Å². The normalized spacial score (nSPS) is 48.5. The molecular formula is C23H40O5. The molecule has 28 heavy (non-hydrogen) atoms. The number of ketones is 1. The lowest BCUT2D eigenvalue weighted by Crippen LogP contribution is -2.61. The van der Waals surface area contributed by atoms with Gasteiger partial charge in [-0.3, -0.25) is 4.79 Å². The van der Waals surface area contributed by atoms with Gasteiger partial charge in [-0.2, -0.15) is 0 Å². The number of Topliss-reactive ketones (excluding diaryl/α,β-unsaturated/α-hetero) is 1. The zero-order valence-electron chi connectivity index (χ0n) is 18.6. The summed E-state index contributed by atoms with van der Waals surface area (Å²) >= 11 is 0. The lowest BCUT2D eigenvalue weighted by atomic mass is 9.47. The van der Waals surface area contributed by atoms with E-state index in [9.17, 15) is 25.2 Å². The molecule has 5 nitrogen and oxygen atoms in total. The second-order valence-corrected chi connectivity index (χ2v) is 10.0. The first-order valence-corrected chi connectivity index (χ1v) is 10.8. The summed E-state index contributed by atoms with van der Waals surface area (Å²) in [5.41, 5.74) is -0.351. The van der Waals surface area contributed by atoms with Crippen molar-refractivity contribution in [2.45, 2.75) is 98.6 Å². The number of fused-ring (bicyclic) bond motifs is 1. The van der Waals surface area contributed by atoms with Crippen molar-refractivity contribution in [3.8, 4) is 0 Å². The van der Waals surface area contributed by atoms with Crippen LogP contribution in [0.25, 0.3) is 0 Å². The number of hydrogen-bond acceptors (Lipinski definition) is 5. The second kappa shape index (κ2) is 8.17. The van der Waals surface area contributed by atoms with Crippen LogP contribution in [0.15, 0.2) is 11.1 Å². The molecule has 0 radical (unpaired) electrons. The van der Waals surface area contributed by atoms with Crippen LogP contribution in [0.3, 0.4) is 0 Å². The Morgan fingerprint density at radius 1 is 1.07 bits per heavy atom. The van der Waals surface area contributed by atoms with E-state index in [1.165, 1.54) is 0 Å². The van der Waals surface area contributed by atoms with E-state index in [4.69, 9.17) is 0 Å². The third kappa shape index (κ3) is 3.60. The van der Waals surface area contributed by atoms with Crippen molar-refractivity contribution in [2.24, 2.45) is 28.6 Å². The number of aliphatic hydroxyl groups is 4. The zero-order valence-corrected chi connectivity index (χ0v) is 18.6. The molecule has 2 aliphatic rings. The molecule has 0 amide bonds. The maximum atomic E-state index is 13.7. The van der Waals surface area contributed by atoms with Gasteiger partial charge in [-0.1, -0.05) is 41.0 Å². The summed E-state index contributed by atoms with van der Waals surface area (Å²) in [6, 6.07) is 0. The molecular weight excluding hydrogens is 356 g/mol. The molecule has 5 heteroatoms. The summed E-state index contributed by atoms with van der Waals surface area (Å²) in [4.78, 5) is 13.7. The summed E-state index contributed by atoms with van der Waals surface area (Å²) in [7, 11) is 0. The summed E-state index contributed by atoms with van der Waals surface area (Å²) in [5, 5.41) is 43.7. The highest BCUT2D eigenvalue weighted by Crippen LogP contribution is 2.58. The molecule has 0 spiro atoms. The molecule has 1 saturated carbocycles. The first-order valence-electron chi connectivity index (χ1n) is 10.8. The van der Waals surface area contributed by atoms with Crippen molar-refractivity contribution in [3.05, 3.63) is 11.1 Å². The predicted octanol–water partition coefficient (Wildman–Crippen LogP) is 2.84. The molecule has 8 atom stereocenters. The molecule has 4 N–H and O–H groups in total. The molecule has 2 rings (SSSR count). The van der Waals surface area contributed by atoms with E-state index in [0.717, 1.165) is 6.42 Å². The second-order valence-electron chi connectivity index (χ2n) is 10.0. The summed E-state index contributed by atoms with van der Waals surface area (Å²) in [6.45, 7) is 13.6. The monoisotopic (exact) mass is 396 g/mol. The molecule has 1 fully saturated rings. The number of rotatable bonds is 2. The lowest BCUT2D eigenvalue weighted by Gasteiger charge is -2.58. The fraction of sp³-hybridized carbons (Fsp3) is 0.870. The van der Waals surface area contributed by atoms with Gasteiger partial charge in [0, 0.05) is 6.42 Å². The van der Waals surface area contributed by atoms with Crippen LogP contribution in [0.1, 0.15) is 74.1 Å². The minimum absolute atomic E-state index is 0.135. The maximum absolute atomic E-state index is 13.7. The third-order valence-electron chi connectivity index (χ3n) is 8.33. The van der Waals surface area contributed by atoms with Crippen molar-refractivity contribution in [1.82, 2.24) is 0 Å². The highest BCUT2D eigenvalue weighted by atomic mass is 16.3. The smallest absolute Gasteiger partial charge is 0.174 e. The van der Waals surface area contributed by atoms with Gasteiger partial charge in [0.1, 0.15) is 6.10 Å². The molecule has 7 unspecified atom stereocenters. The van der Waals surface area contributed by atoms with Crippen LogP contribution in [0.4, 0.5) is 0 Å². The highest BCUT2D eigenvalue weighted by molar-refractivity contribution is 5.92. The van der Waals surface area contributed by atoms with E-state index < -0.39 is 29.8 Å². The molecule has 162 valence electrons. The van der Waals surface area contributed by atoms with Crippen LogP contribution in [0.2, 0.25) is 0 Å². The van der Waals surface area contributed by atoms with E-state index in [1.54, 1.807) is 13.8 Å². The van der Waals surface area contributed by atoms with Crippen LogP contribution in [0, 0.1) is 28.6 Å². The van der Waals surface area contributed by atoms with E-state index in [0.29, 0.717) is 24.0 Å². The van der Waals surface area contributed by atoms with Gasteiger partial charge in [-0.05, 0) is 61.0 Å². The Balaban J connectivity index is 2.71. The Labute approximate surface area is 169 Å². The van der Waals surface area contributed by atoms with Gasteiger partial charge in [0.15, 0.2) is 5.78 Å². The topological polar surface area (TPSA) is 98.0 Å². The lowest BCUT2D eigenvalue weighted by molar-refractivity contribution is -0.176. The van der Waals surface area contributed by atoms with Gasteiger partial charge >= 0.3 is 0 Å². The van der Waals surface area contributed by atoms with Crippen LogP contribution < -0.4 is 0 Å². The van der Waals surface area contributed by atoms with Gasteiger partial charge < -0.3 is 20.4 Å². The Hall–Kier alpha value is -0.750. The quantitative estimate of drug-likeness (QED) is 0.538. The largest absolute Gasteiger partial charge is 0.393 e. The van der Waals surface area contributed by atoms with Gasteiger partial charge in [-0.25, -0.2) is 0 Å². The minimum Gasteiger partial charge on any atom is -0.393 e. The zero-order chi connectivity index (χ0) is 21.6.